The fraction of sp³-hybridized carbons (Fsp3) is 0.278. The first-order valence-corrected chi connectivity index (χ1v) is 9.83. The molecule has 0 amide bonds. The third-order valence-corrected chi connectivity index (χ3v) is 5.66. The van der Waals surface area contributed by atoms with Gasteiger partial charge in [-0.05, 0) is 31.2 Å². The number of carbonyl (C=O) groups is 1. The van der Waals surface area contributed by atoms with E-state index in [2.05, 4.69) is 0 Å². The Hall–Kier alpha value is -3.34. The molecule has 0 unspecified atom stereocenters. The molecule has 0 atom stereocenters. The first kappa shape index (κ1) is 22.0. The first-order valence-electron chi connectivity index (χ1n) is 8.39. The number of sulfonamides is 1. The second-order valence-electron chi connectivity index (χ2n) is 5.61. The minimum Gasteiger partial charge on any atom is -0.493 e. The molecule has 0 spiro atoms. The summed E-state index contributed by atoms with van der Waals surface area (Å²) < 4.78 is 42.4. The summed E-state index contributed by atoms with van der Waals surface area (Å²) >= 11 is 0. The molecule has 0 aliphatic carbocycles. The number of rotatable bonds is 9. The Morgan fingerprint density at radius 3 is 2.21 bits per heavy atom. The topological polar surface area (TPSA) is 125 Å². The van der Waals surface area contributed by atoms with Gasteiger partial charge in [0, 0.05) is 18.2 Å². The maximum atomic E-state index is 13.2. The van der Waals surface area contributed by atoms with Gasteiger partial charge in [0.25, 0.3) is 15.7 Å². The number of hydrogen-bond acceptors (Lipinski definition) is 8. The van der Waals surface area contributed by atoms with Crippen LogP contribution in [-0.4, -0.2) is 46.7 Å². The van der Waals surface area contributed by atoms with E-state index in [0.717, 1.165) is 28.6 Å². The molecule has 156 valence electrons. The van der Waals surface area contributed by atoms with Crippen molar-refractivity contribution in [2.45, 2.75) is 11.8 Å². The molecule has 11 heteroatoms. The molecule has 2 aromatic rings. The number of methoxy groups -OCH3 is 2. The summed E-state index contributed by atoms with van der Waals surface area (Å²) in [5.41, 5.74) is -0.124. The molecule has 0 fully saturated rings. The smallest absolute Gasteiger partial charge is 0.326 e. The first-order chi connectivity index (χ1) is 13.7. The zero-order chi connectivity index (χ0) is 21.6. The Labute approximate surface area is 167 Å². The second kappa shape index (κ2) is 9.24. The van der Waals surface area contributed by atoms with E-state index in [9.17, 15) is 23.3 Å². The lowest BCUT2D eigenvalue weighted by Gasteiger charge is -2.24. The summed E-state index contributed by atoms with van der Waals surface area (Å²) in [7, 11) is -1.42. The van der Waals surface area contributed by atoms with E-state index in [1.165, 1.54) is 32.4 Å². The van der Waals surface area contributed by atoms with Crippen molar-refractivity contribution in [3.05, 3.63) is 52.6 Å². The fourth-order valence-corrected chi connectivity index (χ4v) is 3.89. The van der Waals surface area contributed by atoms with Crippen LogP contribution >= 0.6 is 0 Å². The van der Waals surface area contributed by atoms with E-state index in [1.807, 2.05) is 0 Å². The minimum atomic E-state index is -4.24. The molecule has 0 saturated carbocycles. The molecule has 0 saturated heterocycles. The van der Waals surface area contributed by atoms with Crippen molar-refractivity contribution in [2.24, 2.45) is 0 Å². The molecule has 29 heavy (non-hydrogen) atoms. The van der Waals surface area contributed by atoms with Crippen LogP contribution in [0, 0.1) is 10.1 Å². The number of anilines is 1. The number of nitro benzene ring substituents is 1. The van der Waals surface area contributed by atoms with E-state index >= 15 is 0 Å². The highest BCUT2D eigenvalue weighted by Gasteiger charge is 2.29. The van der Waals surface area contributed by atoms with Crippen molar-refractivity contribution in [2.75, 3.05) is 31.7 Å². The van der Waals surface area contributed by atoms with Crippen LogP contribution in [-0.2, 0) is 19.6 Å². The molecule has 0 radical (unpaired) electrons. The van der Waals surface area contributed by atoms with Gasteiger partial charge in [0.1, 0.15) is 6.54 Å². The van der Waals surface area contributed by atoms with Gasteiger partial charge in [0.15, 0.2) is 11.5 Å². The highest BCUT2D eigenvalue weighted by Crippen LogP contribution is 2.34. The highest BCUT2D eigenvalue weighted by molar-refractivity contribution is 7.92. The van der Waals surface area contributed by atoms with Crippen LogP contribution in [0.1, 0.15) is 6.92 Å². The van der Waals surface area contributed by atoms with Gasteiger partial charge in [-0.15, -0.1) is 0 Å². The lowest BCUT2D eigenvalue weighted by atomic mass is 10.2. The van der Waals surface area contributed by atoms with Crippen molar-refractivity contribution >= 4 is 27.4 Å². The van der Waals surface area contributed by atoms with Crippen molar-refractivity contribution in [3.63, 3.8) is 0 Å². The number of esters is 1. The van der Waals surface area contributed by atoms with Crippen molar-refractivity contribution in [3.8, 4) is 11.5 Å². The summed E-state index contributed by atoms with van der Waals surface area (Å²) in [5, 5.41) is 10.8. The fourth-order valence-electron chi connectivity index (χ4n) is 2.49. The Bertz CT molecular complexity index is 989. The minimum absolute atomic E-state index is 0.0795. The predicted octanol–water partition coefficient (Wildman–Crippen LogP) is 2.37. The summed E-state index contributed by atoms with van der Waals surface area (Å²) in [6.07, 6.45) is 0. The number of nitro groups is 1. The van der Waals surface area contributed by atoms with Gasteiger partial charge in [-0.3, -0.25) is 19.2 Å². The van der Waals surface area contributed by atoms with Gasteiger partial charge >= 0.3 is 5.97 Å². The molecule has 0 aliphatic heterocycles. The molecular formula is C18H20N2O8S. The van der Waals surface area contributed by atoms with Gasteiger partial charge in [0.05, 0.1) is 36.3 Å². The largest absolute Gasteiger partial charge is 0.493 e. The summed E-state index contributed by atoms with van der Waals surface area (Å²) in [6.45, 7) is 1.09. The zero-order valence-corrected chi connectivity index (χ0v) is 16.8. The maximum Gasteiger partial charge on any atom is 0.326 e. The third kappa shape index (κ3) is 4.93. The van der Waals surface area contributed by atoms with Crippen LogP contribution in [0.3, 0.4) is 0 Å². The monoisotopic (exact) mass is 424 g/mol. The number of carbonyl (C=O) groups excluding carboxylic acids is 1. The van der Waals surface area contributed by atoms with Gasteiger partial charge in [-0.25, -0.2) is 8.42 Å². The van der Waals surface area contributed by atoms with Crippen LogP contribution in [0.15, 0.2) is 47.4 Å². The molecule has 0 aromatic heterocycles. The Morgan fingerprint density at radius 2 is 1.69 bits per heavy atom. The lowest BCUT2D eigenvalue weighted by Crippen LogP contribution is -2.36. The Balaban J connectivity index is 2.54. The Kier molecular flexibility index (Phi) is 6.99. The zero-order valence-electron chi connectivity index (χ0n) is 16.0. The van der Waals surface area contributed by atoms with E-state index in [0.29, 0.717) is 5.75 Å². The molecule has 2 rings (SSSR count). The Morgan fingerprint density at radius 1 is 1.07 bits per heavy atom. The average Bonchev–Trinajstić information content (AvgIpc) is 2.71. The quantitative estimate of drug-likeness (QED) is 0.341. The van der Waals surface area contributed by atoms with Gasteiger partial charge < -0.3 is 14.2 Å². The molecular weight excluding hydrogens is 404 g/mol. The molecule has 2 aromatic carbocycles. The SMILES string of the molecule is CCOC(=O)CN(c1ccc(OC)c(OC)c1)S(=O)(=O)c1ccc([N+](=O)[O-])cc1. The summed E-state index contributed by atoms with van der Waals surface area (Å²) in [5.74, 6) is -0.120. The maximum absolute atomic E-state index is 13.2. The van der Waals surface area contributed by atoms with Crippen LogP contribution in [0.4, 0.5) is 11.4 Å². The molecule has 0 bridgehead atoms. The third-order valence-electron chi connectivity index (χ3n) is 3.87. The van der Waals surface area contributed by atoms with E-state index < -0.39 is 27.5 Å². The predicted molar refractivity (Wildman–Crippen MR) is 104 cm³/mol. The lowest BCUT2D eigenvalue weighted by molar-refractivity contribution is -0.384. The molecule has 10 nitrogen and oxygen atoms in total. The number of benzene rings is 2. The number of nitrogens with zero attached hydrogens (tertiary/aromatic N) is 2. The highest BCUT2D eigenvalue weighted by atomic mass is 32.2. The molecule has 0 heterocycles. The molecule has 0 N–H and O–H groups in total. The van der Waals surface area contributed by atoms with Crippen molar-refractivity contribution in [1.29, 1.82) is 0 Å². The number of ether oxygens (including phenoxy) is 3. The van der Waals surface area contributed by atoms with Crippen molar-refractivity contribution < 1.29 is 32.3 Å². The average molecular weight is 424 g/mol. The summed E-state index contributed by atoms with van der Waals surface area (Å²) in [6, 6.07) is 8.70. The van der Waals surface area contributed by atoms with Crippen LogP contribution in [0.5, 0.6) is 11.5 Å². The van der Waals surface area contributed by atoms with E-state index in [4.69, 9.17) is 14.2 Å². The standard InChI is InChI=1S/C18H20N2O8S/c1-4-28-18(21)12-19(14-7-10-16(26-2)17(11-14)27-3)29(24,25)15-8-5-13(6-9-15)20(22)23/h5-11H,4,12H2,1-3H3. The van der Waals surface area contributed by atoms with Crippen molar-refractivity contribution in [1.82, 2.24) is 0 Å². The van der Waals surface area contributed by atoms with Gasteiger partial charge in [-0.2, -0.15) is 0 Å². The normalized spacial score (nSPS) is 10.9. The second-order valence-corrected chi connectivity index (χ2v) is 7.47. The summed E-state index contributed by atoms with van der Waals surface area (Å²) in [4.78, 5) is 22.0. The molecule has 0 aliphatic rings. The number of non-ortho nitro benzene ring substituents is 1. The van der Waals surface area contributed by atoms with Crippen LogP contribution in [0.25, 0.3) is 0 Å². The van der Waals surface area contributed by atoms with E-state index in [1.54, 1.807) is 6.92 Å². The van der Waals surface area contributed by atoms with E-state index in [-0.39, 0.29) is 28.6 Å². The van der Waals surface area contributed by atoms with Crippen LogP contribution in [0.2, 0.25) is 0 Å². The van der Waals surface area contributed by atoms with Crippen LogP contribution < -0.4 is 13.8 Å². The number of hydrogen-bond donors (Lipinski definition) is 0. The van der Waals surface area contributed by atoms with Gasteiger partial charge in [0.2, 0.25) is 0 Å². The van der Waals surface area contributed by atoms with Gasteiger partial charge in [-0.1, -0.05) is 0 Å².